The van der Waals surface area contributed by atoms with E-state index in [0.29, 0.717) is 18.5 Å². The average molecular weight is 423 g/mol. The maximum atomic E-state index is 12.5. The summed E-state index contributed by atoms with van der Waals surface area (Å²) in [6.07, 6.45) is 6.68. The fourth-order valence-corrected chi connectivity index (χ4v) is 4.04. The lowest BCUT2D eigenvalue weighted by Gasteiger charge is -2.11. The second kappa shape index (κ2) is 9.84. The van der Waals surface area contributed by atoms with E-state index in [4.69, 9.17) is 5.11 Å². The summed E-state index contributed by atoms with van der Waals surface area (Å²) >= 11 is 0. The normalized spacial score (nSPS) is 11.8. The summed E-state index contributed by atoms with van der Waals surface area (Å²) in [5.74, 6) is -0.818. The first-order valence-electron chi connectivity index (χ1n) is 9.46. The average Bonchev–Trinajstić information content (AvgIpc) is 2.75. The van der Waals surface area contributed by atoms with E-state index in [2.05, 4.69) is 9.71 Å². The van der Waals surface area contributed by atoms with Gasteiger partial charge >= 0.3 is 5.97 Å². The number of aliphatic carboxylic acids is 1. The first kappa shape index (κ1) is 21.3. The molecular formula is C23H22N2O4S. The Balaban J connectivity index is 1.82. The van der Waals surface area contributed by atoms with Crippen LogP contribution in [0.15, 0.2) is 90.1 Å². The number of hydrogen-bond acceptors (Lipinski definition) is 4. The van der Waals surface area contributed by atoms with Gasteiger partial charge in [0.25, 0.3) is 10.0 Å². The molecule has 2 aromatic carbocycles. The van der Waals surface area contributed by atoms with Crippen molar-refractivity contribution in [3.05, 3.63) is 96.3 Å². The van der Waals surface area contributed by atoms with Crippen LogP contribution in [0.1, 0.15) is 30.4 Å². The topological polar surface area (TPSA) is 96.4 Å². The Morgan fingerprint density at radius 1 is 0.967 bits per heavy atom. The zero-order chi connectivity index (χ0) is 21.4. The van der Waals surface area contributed by atoms with E-state index in [1.54, 1.807) is 42.7 Å². The minimum atomic E-state index is -3.65. The molecule has 0 atom stereocenters. The molecule has 0 aliphatic rings. The molecule has 0 unspecified atom stereocenters. The van der Waals surface area contributed by atoms with Gasteiger partial charge < -0.3 is 5.11 Å². The highest BCUT2D eigenvalue weighted by molar-refractivity contribution is 7.92. The summed E-state index contributed by atoms with van der Waals surface area (Å²) < 4.78 is 27.6. The Kier molecular flexibility index (Phi) is 6.98. The monoisotopic (exact) mass is 422 g/mol. The van der Waals surface area contributed by atoms with Crippen molar-refractivity contribution in [2.45, 2.75) is 24.2 Å². The molecule has 3 rings (SSSR count). The highest BCUT2D eigenvalue weighted by Crippen LogP contribution is 2.26. The van der Waals surface area contributed by atoms with Crippen LogP contribution in [0.2, 0.25) is 0 Å². The van der Waals surface area contributed by atoms with Gasteiger partial charge in [0.05, 0.1) is 4.90 Å². The Morgan fingerprint density at radius 2 is 1.70 bits per heavy atom. The SMILES string of the molecule is O=C(O)CCC/C=C(/c1ccc(NS(=O)(=O)c2ccccc2)cc1)c1cccnc1. The van der Waals surface area contributed by atoms with Crippen LogP contribution in [0.5, 0.6) is 0 Å². The van der Waals surface area contributed by atoms with Gasteiger partial charge in [-0.15, -0.1) is 0 Å². The van der Waals surface area contributed by atoms with Crippen molar-refractivity contribution in [2.75, 3.05) is 4.72 Å². The van der Waals surface area contributed by atoms with Crippen LogP contribution in [0.4, 0.5) is 5.69 Å². The van der Waals surface area contributed by atoms with Crippen molar-refractivity contribution in [1.29, 1.82) is 0 Å². The Morgan fingerprint density at radius 3 is 2.33 bits per heavy atom. The van der Waals surface area contributed by atoms with Crippen LogP contribution in [0.25, 0.3) is 5.57 Å². The van der Waals surface area contributed by atoms with Crippen LogP contribution < -0.4 is 4.72 Å². The van der Waals surface area contributed by atoms with E-state index < -0.39 is 16.0 Å². The third-order valence-corrected chi connectivity index (χ3v) is 5.81. The van der Waals surface area contributed by atoms with Crippen LogP contribution in [0, 0.1) is 0 Å². The second-order valence-corrected chi connectivity index (χ2v) is 8.32. The minimum Gasteiger partial charge on any atom is -0.481 e. The predicted octanol–water partition coefficient (Wildman–Crippen LogP) is 4.57. The molecule has 0 aliphatic heterocycles. The van der Waals surface area contributed by atoms with Crippen LogP contribution >= 0.6 is 0 Å². The number of hydrogen-bond donors (Lipinski definition) is 2. The van der Waals surface area contributed by atoms with E-state index in [1.165, 1.54) is 12.1 Å². The number of unbranched alkanes of at least 4 members (excludes halogenated alkanes) is 1. The first-order valence-corrected chi connectivity index (χ1v) is 10.9. The van der Waals surface area contributed by atoms with Gasteiger partial charge in [0.2, 0.25) is 0 Å². The van der Waals surface area contributed by atoms with Gasteiger partial charge in [-0.2, -0.15) is 0 Å². The molecule has 3 aromatic rings. The lowest BCUT2D eigenvalue weighted by atomic mass is 9.97. The first-order chi connectivity index (χ1) is 14.5. The number of sulfonamides is 1. The fraction of sp³-hybridized carbons (Fsp3) is 0.130. The summed E-state index contributed by atoms with van der Waals surface area (Å²) in [5.41, 5.74) is 3.18. The number of carboxylic acid groups (broad SMARTS) is 1. The number of pyridine rings is 1. The van der Waals surface area contributed by atoms with E-state index in [-0.39, 0.29) is 11.3 Å². The molecule has 0 saturated carbocycles. The van der Waals surface area contributed by atoms with Gasteiger partial charge in [0.1, 0.15) is 0 Å². The van der Waals surface area contributed by atoms with Crippen molar-refractivity contribution >= 4 is 27.3 Å². The number of aromatic nitrogens is 1. The molecule has 1 heterocycles. The zero-order valence-corrected chi connectivity index (χ0v) is 17.0. The number of nitrogens with one attached hydrogen (secondary N) is 1. The van der Waals surface area contributed by atoms with Crippen molar-refractivity contribution in [2.24, 2.45) is 0 Å². The zero-order valence-electron chi connectivity index (χ0n) is 16.2. The number of rotatable bonds is 9. The largest absolute Gasteiger partial charge is 0.481 e. The molecule has 2 N–H and O–H groups in total. The number of carboxylic acids is 1. The summed E-state index contributed by atoms with van der Waals surface area (Å²) in [6.45, 7) is 0. The van der Waals surface area contributed by atoms with E-state index in [1.807, 2.05) is 30.3 Å². The Labute approximate surface area is 176 Å². The van der Waals surface area contributed by atoms with Crippen LogP contribution in [0.3, 0.4) is 0 Å². The van der Waals surface area contributed by atoms with Crippen molar-refractivity contribution in [3.63, 3.8) is 0 Å². The molecular weight excluding hydrogens is 400 g/mol. The third-order valence-electron chi connectivity index (χ3n) is 4.42. The predicted molar refractivity (Wildman–Crippen MR) is 116 cm³/mol. The molecule has 30 heavy (non-hydrogen) atoms. The molecule has 0 aliphatic carbocycles. The smallest absolute Gasteiger partial charge is 0.303 e. The number of allylic oxidation sites excluding steroid dienone is 1. The van der Waals surface area contributed by atoms with Crippen molar-refractivity contribution in [1.82, 2.24) is 4.98 Å². The van der Waals surface area contributed by atoms with Crippen molar-refractivity contribution in [3.8, 4) is 0 Å². The molecule has 7 heteroatoms. The third kappa shape index (κ3) is 5.78. The molecule has 6 nitrogen and oxygen atoms in total. The molecule has 0 spiro atoms. The summed E-state index contributed by atoms with van der Waals surface area (Å²) in [7, 11) is -3.65. The van der Waals surface area contributed by atoms with Gasteiger partial charge in [-0.1, -0.05) is 42.5 Å². The highest BCUT2D eigenvalue weighted by Gasteiger charge is 2.13. The molecule has 0 saturated heterocycles. The van der Waals surface area contributed by atoms with Gasteiger partial charge in [0, 0.05) is 30.1 Å². The second-order valence-electron chi connectivity index (χ2n) is 6.64. The lowest BCUT2D eigenvalue weighted by molar-refractivity contribution is -0.137. The molecule has 0 amide bonds. The van der Waals surface area contributed by atoms with Crippen LogP contribution in [-0.4, -0.2) is 24.5 Å². The molecule has 0 fully saturated rings. The number of benzene rings is 2. The molecule has 1 aromatic heterocycles. The summed E-state index contributed by atoms with van der Waals surface area (Å²) in [5, 5.41) is 8.83. The quantitative estimate of drug-likeness (QED) is 0.493. The Hall–Kier alpha value is -3.45. The summed E-state index contributed by atoms with van der Waals surface area (Å²) in [6, 6.07) is 19.0. The molecule has 154 valence electrons. The van der Waals surface area contributed by atoms with Crippen LogP contribution in [-0.2, 0) is 14.8 Å². The highest BCUT2D eigenvalue weighted by atomic mass is 32.2. The fourth-order valence-electron chi connectivity index (χ4n) is 2.96. The number of carbonyl (C=O) groups is 1. The standard InChI is InChI=1S/C23H22N2O4S/c26-23(27)11-5-4-10-22(19-7-6-16-24-17-19)18-12-14-20(15-13-18)25-30(28,29)21-8-2-1-3-9-21/h1-3,6-10,12-17,25H,4-5,11H2,(H,26,27)/b22-10-. The molecule has 0 radical (unpaired) electrons. The van der Waals surface area contributed by atoms with E-state index in [0.717, 1.165) is 16.7 Å². The minimum absolute atomic E-state index is 0.108. The number of anilines is 1. The number of nitrogens with zero attached hydrogens (tertiary/aromatic N) is 1. The summed E-state index contributed by atoms with van der Waals surface area (Å²) in [4.78, 5) is 15.1. The van der Waals surface area contributed by atoms with E-state index in [9.17, 15) is 13.2 Å². The van der Waals surface area contributed by atoms with Gasteiger partial charge in [-0.05, 0) is 54.3 Å². The van der Waals surface area contributed by atoms with Gasteiger partial charge in [0.15, 0.2) is 0 Å². The maximum absolute atomic E-state index is 12.5. The Bertz CT molecular complexity index is 1110. The maximum Gasteiger partial charge on any atom is 0.303 e. The van der Waals surface area contributed by atoms with Crippen molar-refractivity contribution < 1.29 is 18.3 Å². The lowest BCUT2D eigenvalue weighted by Crippen LogP contribution is -2.12. The van der Waals surface area contributed by atoms with Gasteiger partial charge in [-0.25, -0.2) is 8.42 Å². The van der Waals surface area contributed by atoms with Gasteiger partial charge in [-0.3, -0.25) is 14.5 Å². The van der Waals surface area contributed by atoms with E-state index >= 15 is 0 Å². The molecule has 0 bridgehead atoms.